The number of hydrogen-bond acceptors (Lipinski definition) is 6. The van der Waals surface area contributed by atoms with Gasteiger partial charge >= 0.3 is 0 Å². The standard InChI is InChI=1S/C20H22N4O3S/c1-13(2)17-8-19(26)24(12-22-17)10-18(25)21-9-15-11-28-20(23-15)14-4-6-16(27-3)7-5-14/h4-8,11-13H,9-10H2,1-3H3,(H,21,25). The number of amides is 1. The van der Waals surface area contributed by atoms with Gasteiger partial charge in [-0.15, -0.1) is 11.3 Å². The monoisotopic (exact) mass is 398 g/mol. The quantitative estimate of drug-likeness (QED) is 0.661. The Hall–Kier alpha value is -3.00. The molecular formula is C20H22N4O3S. The molecule has 1 N–H and O–H groups in total. The van der Waals surface area contributed by atoms with Gasteiger partial charge in [0.1, 0.15) is 17.3 Å². The molecule has 1 aromatic carbocycles. The molecule has 0 aliphatic rings. The number of carbonyl (C=O) groups is 1. The Kier molecular flexibility index (Phi) is 6.20. The van der Waals surface area contributed by atoms with Crippen LogP contribution in [0.3, 0.4) is 0 Å². The highest BCUT2D eigenvalue weighted by Crippen LogP contribution is 2.25. The van der Waals surface area contributed by atoms with Crippen LogP contribution in [0, 0.1) is 0 Å². The summed E-state index contributed by atoms with van der Waals surface area (Å²) in [5.74, 6) is 0.694. The van der Waals surface area contributed by atoms with Crippen molar-refractivity contribution in [2.75, 3.05) is 7.11 Å². The second-order valence-electron chi connectivity index (χ2n) is 6.58. The van der Waals surface area contributed by atoms with E-state index in [1.54, 1.807) is 7.11 Å². The maximum absolute atomic E-state index is 12.2. The van der Waals surface area contributed by atoms with Crippen molar-refractivity contribution in [2.45, 2.75) is 32.9 Å². The van der Waals surface area contributed by atoms with Crippen LogP contribution < -0.4 is 15.6 Å². The molecule has 0 spiro atoms. The van der Waals surface area contributed by atoms with E-state index >= 15 is 0 Å². The van der Waals surface area contributed by atoms with Gasteiger partial charge in [0.25, 0.3) is 5.56 Å². The highest BCUT2D eigenvalue weighted by atomic mass is 32.1. The van der Waals surface area contributed by atoms with Crippen LogP contribution in [-0.4, -0.2) is 27.6 Å². The normalized spacial score (nSPS) is 10.9. The molecular weight excluding hydrogens is 376 g/mol. The smallest absolute Gasteiger partial charge is 0.254 e. The summed E-state index contributed by atoms with van der Waals surface area (Å²) in [6.45, 7) is 4.16. The number of rotatable bonds is 7. The molecule has 0 unspecified atom stereocenters. The van der Waals surface area contributed by atoms with Crippen molar-refractivity contribution in [3.05, 3.63) is 63.8 Å². The third-order valence-corrected chi connectivity index (χ3v) is 5.10. The van der Waals surface area contributed by atoms with Gasteiger partial charge in [-0.3, -0.25) is 14.2 Å². The van der Waals surface area contributed by atoms with Gasteiger partial charge in [0.05, 0.1) is 31.4 Å². The predicted molar refractivity (Wildman–Crippen MR) is 109 cm³/mol. The summed E-state index contributed by atoms with van der Waals surface area (Å²) in [5, 5.41) is 5.57. The fourth-order valence-electron chi connectivity index (χ4n) is 2.53. The van der Waals surface area contributed by atoms with Gasteiger partial charge in [0.15, 0.2) is 0 Å². The lowest BCUT2D eigenvalue weighted by molar-refractivity contribution is -0.121. The Balaban J connectivity index is 1.58. The summed E-state index contributed by atoms with van der Waals surface area (Å²) in [6.07, 6.45) is 1.42. The molecule has 0 aliphatic heterocycles. The molecule has 2 heterocycles. The first-order valence-corrected chi connectivity index (χ1v) is 9.76. The summed E-state index contributed by atoms with van der Waals surface area (Å²) in [4.78, 5) is 33.0. The van der Waals surface area contributed by atoms with Crippen LogP contribution >= 0.6 is 11.3 Å². The van der Waals surface area contributed by atoms with Crippen LogP contribution in [0.4, 0.5) is 0 Å². The fourth-order valence-corrected chi connectivity index (χ4v) is 3.35. The number of aromatic nitrogens is 3. The second kappa shape index (κ2) is 8.79. The second-order valence-corrected chi connectivity index (χ2v) is 7.44. The summed E-state index contributed by atoms with van der Waals surface area (Å²) < 4.78 is 6.45. The molecule has 0 atom stereocenters. The number of thiazole rings is 1. The molecule has 0 saturated heterocycles. The van der Waals surface area contributed by atoms with Crippen molar-refractivity contribution < 1.29 is 9.53 Å². The van der Waals surface area contributed by atoms with Gasteiger partial charge in [-0.25, -0.2) is 9.97 Å². The lowest BCUT2D eigenvalue weighted by atomic mass is 10.1. The minimum absolute atomic E-state index is 0.0698. The zero-order valence-corrected chi connectivity index (χ0v) is 16.8. The van der Waals surface area contributed by atoms with E-state index in [0.29, 0.717) is 6.54 Å². The number of carbonyl (C=O) groups excluding carboxylic acids is 1. The third-order valence-electron chi connectivity index (χ3n) is 4.16. The van der Waals surface area contributed by atoms with E-state index in [1.807, 2.05) is 43.5 Å². The summed E-state index contributed by atoms with van der Waals surface area (Å²) >= 11 is 1.51. The van der Waals surface area contributed by atoms with Gasteiger partial charge in [-0.2, -0.15) is 0 Å². The molecule has 2 aromatic heterocycles. The van der Waals surface area contributed by atoms with Crippen molar-refractivity contribution >= 4 is 17.2 Å². The molecule has 0 saturated carbocycles. The van der Waals surface area contributed by atoms with Crippen molar-refractivity contribution in [3.8, 4) is 16.3 Å². The number of nitrogens with one attached hydrogen (secondary N) is 1. The Morgan fingerprint density at radius 1 is 1.29 bits per heavy atom. The van der Waals surface area contributed by atoms with E-state index in [-0.39, 0.29) is 23.9 Å². The third kappa shape index (κ3) is 4.83. The van der Waals surface area contributed by atoms with E-state index < -0.39 is 0 Å². The fraction of sp³-hybridized carbons (Fsp3) is 0.300. The van der Waals surface area contributed by atoms with Crippen molar-refractivity contribution in [3.63, 3.8) is 0 Å². The molecule has 3 aromatic rings. The Labute approximate surface area is 167 Å². The van der Waals surface area contributed by atoms with Gasteiger partial charge < -0.3 is 10.1 Å². The van der Waals surface area contributed by atoms with Crippen molar-refractivity contribution in [1.29, 1.82) is 0 Å². The largest absolute Gasteiger partial charge is 0.497 e. The van der Waals surface area contributed by atoms with Crippen LogP contribution in [0.2, 0.25) is 0 Å². The van der Waals surface area contributed by atoms with Crippen molar-refractivity contribution in [2.24, 2.45) is 0 Å². The van der Waals surface area contributed by atoms with Gasteiger partial charge in [0.2, 0.25) is 5.91 Å². The maximum atomic E-state index is 12.2. The number of methoxy groups -OCH3 is 1. The zero-order chi connectivity index (χ0) is 20.1. The first-order valence-electron chi connectivity index (χ1n) is 8.88. The highest BCUT2D eigenvalue weighted by molar-refractivity contribution is 7.13. The average Bonchev–Trinajstić information content (AvgIpc) is 3.17. The van der Waals surface area contributed by atoms with E-state index in [2.05, 4.69) is 15.3 Å². The van der Waals surface area contributed by atoms with E-state index in [4.69, 9.17) is 4.74 Å². The molecule has 0 aliphatic carbocycles. The molecule has 8 heteroatoms. The van der Waals surface area contributed by atoms with Crippen LogP contribution in [-0.2, 0) is 17.9 Å². The van der Waals surface area contributed by atoms with E-state index in [0.717, 1.165) is 27.7 Å². The first-order chi connectivity index (χ1) is 13.5. The molecule has 0 radical (unpaired) electrons. The minimum Gasteiger partial charge on any atom is -0.497 e. The maximum Gasteiger partial charge on any atom is 0.254 e. The average molecular weight is 398 g/mol. The Morgan fingerprint density at radius 3 is 2.68 bits per heavy atom. The Bertz CT molecular complexity index is 1010. The SMILES string of the molecule is COc1ccc(-c2nc(CNC(=O)Cn3cnc(C(C)C)cc3=O)cs2)cc1. The van der Waals surface area contributed by atoms with Gasteiger partial charge in [-0.1, -0.05) is 13.8 Å². The first kappa shape index (κ1) is 19.8. The number of benzene rings is 1. The van der Waals surface area contributed by atoms with Crippen molar-refractivity contribution in [1.82, 2.24) is 19.9 Å². The van der Waals surface area contributed by atoms with Gasteiger partial charge in [-0.05, 0) is 30.2 Å². The predicted octanol–water partition coefficient (Wildman–Crippen LogP) is 2.82. The number of ether oxygens (including phenoxy) is 1. The number of hydrogen-bond donors (Lipinski definition) is 1. The zero-order valence-electron chi connectivity index (χ0n) is 16.0. The summed E-state index contributed by atoms with van der Waals surface area (Å²) in [6, 6.07) is 9.13. The van der Waals surface area contributed by atoms with E-state index in [1.165, 1.54) is 28.3 Å². The molecule has 1 amide bonds. The van der Waals surface area contributed by atoms with Crippen LogP contribution in [0.25, 0.3) is 10.6 Å². The van der Waals surface area contributed by atoms with E-state index in [9.17, 15) is 9.59 Å². The topological polar surface area (TPSA) is 86.1 Å². The molecule has 0 fully saturated rings. The highest BCUT2D eigenvalue weighted by Gasteiger charge is 2.09. The molecule has 146 valence electrons. The molecule has 3 rings (SSSR count). The minimum atomic E-state index is -0.264. The number of nitrogens with zero attached hydrogens (tertiary/aromatic N) is 3. The lowest BCUT2D eigenvalue weighted by Gasteiger charge is -2.08. The molecule has 0 bridgehead atoms. The van der Waals surface area contributed by atoms with Crippen LogP contribution in [0.1, 0.15) is 31.2 Å². The van der Waals surface area contributed by atoms with Gasteiger partial charge in [0, 0.05) is 17.0 Å². The summed E-state index contributed by atoms with van der Waals surface area (Å²) in [5.41, 5.74) is 2.25. The lowest BCUT2D eigenvalue weighted by Crippen LogP contribution is -2.32. The van der Waals surface area contributed by atoms with Crippen LogP contribution in [0.15, 0.2) is 46.8 Å². The Morgan fingerprint density at radius 2 is 2.04 bits per heavy atom. The summed E-state index contributed by atoms with van der Waals surface area (Å²) in [7, 11) is 1.63. The van der Waals surface area contributed by atoms with Crippen LogP contribution in [0.5, 0.6) is 5.75 Å². The molecule has 7 nitrogen and oxygen atoms in total. The molecule has 28 heavy (non-hydrogen) atoms.